The monoisotopic (exact) mass is 304 g/mol. The van der Waals surface area contributed by atoms with Crippen LogP contribution in [-0.4, -0.2) is 18.5 Å². The van der Waals surface area contributed by atoms with Crippen molar-refractivity contribution in [3.8, 4) is 11.8 Å². The number of thiophene rings is 2. The maximum Gasteiger partial charge on any atom is 0.252 e. The first kappa shape index (κ1) is 14.8. The number of nitrogens with two attached hydrogens (primary N) is 1. The van der Waals surface area contributed by atoms with Crippen molar-refractivity contribution in [2.75, 3.05) is 6.54 Å². The van der Waals surface area contributed by atoms with Crippen LogP contribution in [0.5, 0.6) is 0 Å². The van der Waals surface area contributed by atoms with E-state index in [1.807, 2.05) is 23.8 Å². The highest BCUT2D eigenvalue weighted by Gasteiger charge is 2.12. The van der Waals surface area contributed by atoms with Gasteiger partial charge in [-0.25, -0.2) is 0 Å². The summed E-state index contributed by atoms with van der Waals surface area (Å²) in [5.74, 6) is 5.67. The molecule has 5 heteroatoms. The molecule has 1 amide bonds. The minimum atomic E-state index is -0.0499. The van der Waals surface area contributed by atoms with E-state index in [1.165, 1.54) is 16.2 Å². The average molecular weight is 304 g/mol. The summed E-state index contributed by atoms with van der Waals surface area (Å²) in [4.78, 5) is 14.2. The Bertz CT molecular complexity index is 620. The van der Waals surface area contributed by atoms with Gasteiger partial charge in [0.05, 0.1) is 17.0 Å². The lowest BCUT2D eigenvalue weighted by Gasteiger charge is -2.12. The first-order valence-electron chi connectivity index (χ1n) is 6.29. The van der Waals surface area contributed by atoms with Gasteiger partial charge in [-0.1, -0.05) is 17.9 Å². The lowest BCUT2D eigenvalue weighted by Crippen LogP contribution is -2.33. The number of carbonyl (C=O) groups is 1. The van der Waals surface area contributed by atoms with Gasteiger partial charge < -0.3 is 11.1 Å². The van der Waals surface area contributed by atoms with E-state index in [1.54, 1.807) is 17.4 Å². The molecule has 0 aromatic carbocycles. The van der Waals surface area contributed by atoms with Gasteiger partial charge in [0, 0.05) is 22.7 Å². The molecule has 2 heterocycles. The van der Waals surface area contributed by atoms with Crippen LogP contribution in [0.4, 0.5) is 0 Å². The summed E-state index contributed by atoms with van der Waals surface area (Å²) in [6.45, 7) is 2.34. The third-order valence-corrected chi connectivity index (χ3v) is 4.38. The normalized spacial score (nSPS) is 11.5. The second-order valence-electron chi connectivity index (χ2n) is 4.36. The minimum absolute atomic E-state index is 0.0499. The highest BCUT2D eigenvalue weighted by molar-refractivity contribution is 7.10. The Kier molecular flexibility index (Phi) is 5.36. The van der Waals surface area contributed by atoms with Crippen LogP contribution < -0.4 is 11.1 Å². The lowest BCUT2D eigenvalue weighted by molar-refractivity contribution is 0.0940. The Morgan fingerprint density at radius 1 is 1.50 bits per heavy atom. The summed E-state index contributed by atoms with van der Waals surface area (Å²) in [5.41, 5.74) is 5.99. The molecule has 0 radical (unpaired) electrons. The van der Waals surface area contributed by atoms with E-state index in [4.69, 9.17) is 5.73 Å². The highest BCUT2D eigenvalue weighted by Crippen LogP contribution is 2.15. The fraction of sp³-hybridized carbons (Fsp3) is 0.267. The molecule has 2 aromatic rings. The summed E-state index contributed by atoms with van der Waals surface area (Å²) in [7, 11) is 0. The van der Waals surface area contributed by atoms with Gasteiger partial charge in [-0.15, -0.1) is 22.7 Å². The van der Waals surface area contributed by atoms with Crippen LogP contribution in [0.1, 0.15) is 27.0 Å². The molecule has 3 N–H and O–H groups in total. The second-order valence-corrected chi connectivity index (χ2v) is 6.31. The smallest absolute Gasteiger partial charge is 0.252 e. The molecule has 3 nitrogen and oxygen atoms in total. The Labute approximate surface area is 126 Å². The molecule has 0 saturated carbocycles. The quantitative estimate of drug-likeness (QED) is 0.853. The maximum atomic E-state index is 12.1. The second kappa shape index (κ2) is 7.25. The lowest BCUT2D eigenvalue weighted by atomic mass is 10.2. The van der Waals surface area contributed by atoms with Crippen LogP contribution in [0.25, 0.3) is 0 Å². The maximum absolute atomic E-state index is 12.1. The van der Waals surface area contributed by atoms with Crippen molar-refractivity contribution >= 4 is 28.6 Å². The third-order valence-electron chi connectivity index (χ3n) is 2.64. The van der Waals surface area contributed by atoms with Crippen LogP contribution >= 0.6 is 22.7 Å². The van der Waals surface area contributed by atoms with Gasteiger partial charge >= 0.3 is 0 Å². The number of hydrogen-bond donors (Lipinski definition) is 2. The highest BCUT2D eigenvalue weighted by atomic mass is 32.1. The van der Waals surface area contributed by atoms with E-state index in [0.717, 1.165) is 11.3 Å². The summed E-state index contributed by atoms with van der Waals surface area (Å²) in [6.07, 6.45) is 0.855. The van der Waals surface area contributed by atoms with E-state index in [2.05, 4.69) is 23.2 Å². The van der Waals surface area contributed by atoms with Crippen LogP contribution in [0.2, 0.25) is 0 Å². The van der Waals surface area contributed by atoms with Crippen LogP contribution in [0.15, 0.2) is 29.0 Å². The van der Waals surface area contributed by atoms with Crippen molar-refractivity contribution in [1.82, 2.24) is 5.32 Å². The van der Waals surface area contributed by atoms with E-state index in [-0.39, 0.29) is 11.9 Å². The number of carbonyl (C=O) groups excluding carboxylic acids is 1. The molecule has 0 aliphatic carbocycles. The van der Waals surface area contributed by atoms with Crippen molar-refractivity contribution in [3.05, 3.63) is 44.3 Å². The summed E-state index contributed by atoms with van der Waals surface area (Å²) in [6, 6.07) is 6.02. The Morgan fingerprint density at radius 2 is 2.35 bits per heavy atom. The summed E-state index contributed by atoms with van der Waals surface area (Å²) < 4.78 is 0. The van der Waals surface area contributed by atoms with Crippen LogP contribution in [0.3, 0.4) is 0 Å². The van der Waals surface area contributed by atoms with Crippen molar-refractivity contribution < 1.29 is 4.79 Å². The predicted molar refractivity (Wildman–Crippen MR) is 85.2 cm³/mol. The number of nitrogens with one attached hydrogen (secondary N) is 1. The standard InChI is InChI=1S/C15H16N2OS2/c1-11(8-13-5-3-7-19-13)17-15(18)12-9-14(20-10-12)4-2-6-16/h3,5,7,9-11H,6,8,16H2,1H3,(H,17,18). The number of amides is 1. The fourth-order valence-electron chi connectivity index (χ4n) is 1.75. The molecule has 104 valence electrons. The molecule has 2 aromatic heterocycles. The van der Waals surface area contributed by atoms with Crippen molar-refractivity contribution in [3.63, 3.8) is 0 Å². The molecule has 1 unspecified atom stereocenters. The van der Waals surface area contributed by atoms with E-state index >= 15 is 0 Å². The zero-order valence-corrected chi connectivity index (χ0v) is 12.8. The van der Waals surface area contributed by atoms with Gasteiger partial charge in [0.25, 0.3) is 5.91 Å². The molecule has 0 saturated heterocycles. The van der Waals surface area contributed by atoms with Crippen LogP contribution in [0, 0.1) is 11.8 Å². The number of rotatable bonds is 4. The molecule has 20 heavy (non-hydrogen) atoms. The number of hydrogen-bond acceptors (Lipinski definition) is 4. The van der Waals surface area contributed by atoms with Gasteiger partial charge in [0.2, 0.25) is 0 Å². The molecular formula is C15H16N2OS2. The summed E-state index contributed by atoms with van der Waals surface area (Å²) >= 11 is 3.17. The molecule has 0 aliphatic heterocycles. The fourth-order valence-corrected chi connectivity index (χ4v) is 3.34. The zero-order chi connectivity index (χ0) is 14.4. The van der Waals surface area contributed by atoms with Gasteiger partial charge in [0.15, 0.2) is 0 Å². The van der Waals surface area contributed by atoms with Gasteiger partial charge in [-0.2, -0.15) is 0 Å². The van der Waals surface area contributed by atoms with Gasteiger partial charge in [-0.05, 0) is 24.4 Å². The predicted octanol–water partition coefficient (Wildman–Crippen LogP) is 2.48. The first-order valence-corrected chi connectivity index (χ1v) is 8.05. The molecule has 0 bridgehead atoms. The van der Waals surface area contributed by atoms with Crippen molar-refractivity contribution in [1.29, 1.82) is 0 Å². The molecule has 0 spiro atoms. The van der Waals surface area contributed by atoms with E-state index in [0.29, 0.717) is 12.1 Å². The Hall–Kier alpha value is -1.61. The molecule has 2 rings (SSSR count). The van der Waals surface area contributed by atoms with Gasteiger partial charge in [-0.3, -0.25) is 4.79 Å². The van der Waals surface area contributed by atoms with Crippen LogP contribution in [-0.2, 0) is 6.42 Å². The summed E-state index contributed by atoms with van der Waals surface area (Å²) in [5, 5.41) is 6.88. The molecular weight excluding hydrogens is 288 g/mol. The third kappa shape index (κ3) is 4.20. The minimum Gasteiger partial charge on any atom is -0.349 e. The molecule has 0 aliphatic rings. The topological polar surface area (TPSA) is 55.1 Å². The van der Waals surface area contributed by atoms with E-state index < -0.39 is 0 Å². The molecule has 0 fully saturated rings. The van der Waals surface area contributed by atoms with Gasteiger partial charge in [0.1, 0.15) is 0 Å². The van der Waals surface area contributed by atoms with E-state index in [9.17, 15) is 4.79 Å². The first-order chi connectivity index (χ1) is 9.69. The largest absolute Gasteiger partial charge is 0.349 e. The zero-order valence-electron chi connectivity index (χ0n) is 11.2. The van der Waals surface area contributed by atoms with Crippen molar-refractivity contribution in [2.24, 2.45) is 5.73 Å². The average Bonchev–Trinajstić information content (AvgIpc) is 3.07. The van der Waals surface area contributed by atoms with Crippen molar-refractivity contribution in [2.45, 2.75) is 19.4 Å². The Morgan fingerprint density at radius 3 is 3.05 bits per heavy atom. The molecule has 1 atom stereocenters. The SMILES string of the molecule is CC(Cc1cccs1)NC(=O)c1csc(C#CCN)c1. The Balaban J connectivity index is 1.92.